The predicted molar refractivity (Wildman–Crippen MR) is 106 cm³/mol. The number of nitrogens with two attached hydrogens (primary N) is 1. The zero-order valence-corrected chi connectivity index (χ0v) is 15.9. The molecule has 0 amide bonds. The maximum Gasteiger partial charge on any atom is 0.209 e. The summed E-state index contributed by atoms with van der Waals surface area (Å²) in [6.45, 7) is 0. The molecule has 0 aliphatic heterocycles. The van der Waals surface area contributed by atoms with Gasteiger partial charge in [-0.3, -0.25) is 4.79 Å². The molecule has 0 fully saturated rings. The fourth-order valence-corrected chi connectivity index (χ4v) is 3.65. The highest BCUT2D eigenvalue weighted by atomic mass is 32.1. The summed E-state index contributed by atoms with van der Waals surface area (Å²) in [6.07, 6.45) is 0. The molecular weight excluding hydrogens is 381 g/mol. The van der Waals surface area contributed by atoms with Gasteiger partial charge in [0.2, 0.25) is 5.78 Å². The van der Waals surface area contributed by atoms with Crippen molar-refractivity contribution in [1.29, 1.82) is 5.26 Å². The van der Waals surface area contributed by atoms with Crippen LogP contribution in [-0.4, -0.2) is 20.0 Å². The van der Waals surface area contributed by atoms with E-state index in [0.717, 1.165) is 11.3 Å². The zero-order chi connectivity index (χ0) is 20.3. The van der Waals surface area contributed by atoms with Gasteiger partial charge in [0.15, 0.2) is 0 Å². The number of nitrogens with one attached hydrogen (secondary N) is 1. The summed E-state index contributed by atoms with van der Waals surface area (Å²) in [5.41, 5.74) is 6.60. The number of benzene rings is 2. The summed E-state index contributed by atoms with van der Waals surface area (Å²) in [6, 6.07) is 12.8. The first kappa shape index (κ1) is 19.2. The summed E-state index contributed by atoms with van der Waals surface area (Å²) in [5, 5.41) is 12.6. The quantitative estimate of drug-likeness (QED) is 0.601. The highest BCUT2D eigenvalue weighted by Crippen LogP contribution is 2.40. The SMILES string of the molecule is COc1ccc(OC)c(C(=O)c2sc(Nc3ccccc3F)c(C#N)c2N)c1. The van der Waals surface area contributed by atoms with Gasteiger partial charge in [-0.1, -0.05) is 12.1 Å². The number of nitrogen functional groups attached to an aromatic ring is 1. The number of anilines is 3. The van der Waals surface area contributed by atoms with Crippen LogP contribution in [0, 0.1) is 17.1 Å². The van der Waals surface area contributed by atoms with Crippen LogP contribution in [0.1, 0.15) is 20.8 Å². The van der Waals surface area contributed by atoms with Crippen molar-refractivity contribution in [2.24, 2.45) is 0 Å². The van der Waals surface area contributed by atoms with Gasteiger partial charge in [-0.2, -0.15) is 5.26 Å². The zero-order valence-electron chi connectivity index (χ0n) is 15.1. The summed E-state index contributed by atoms with van der Waals surface area (Å²) < 4.78 is 24.4. The number of rotatable bonds is 6. The molecule has 1 aromatic heterocycles. The number of nitriles is 1. The van der Waals surface area contributed by atoms with Crippen molar-refractivity contribution in [3.8, 4) is 17.6 Å². The molecule has 28 heavy (non-hydrogen) atoms. The second-order valence-corrected chi connectivity index (χ2v) is 6.68. The van der Waals surface area contributed by atoms with E-state index in [0.29, 0.717) is 11.5 Å². The van der Waals surface area contributed by atoms with Crippen molar-refractivity contribution >= 4 is 33.5 Å². The number of methoxy groups -OCH3 is 2. The van der Waals surface area contributed by atoms with Crippen molar-refractivity contribution in [2.45, 2.75) is 0 Å². The normalized spacial score (nSPS) is 10.2. The molecule has 2 aromatic carbocycles. The average Bonchev–Trinajstić information content (AvgIpc) is 3.03. The third-order valence-corrected chi connectivity index (χ3v) is 5.16. The molecule has 8 heteroatoms. The van der Waals surface area contributed by atoms with Crippen LogP contribution in [0.15, 0.2) is 42.5 Å². The minimum Gasteiger partial charge on any atom is -0.497 e. The summed E-state index contributed by atoms with van der Waals surface area (Å²) >= 11 is 0.979. The first-order valence-electron chi connectivity index (χ1n) is 8.10. The Labute approximate surface area is 164 Å². The summed E-state index contributed by atoms with van der Waals surface area (Å²) in [4.78, 5) is 13.3. The molecule has 0 aliphatic carbocycles. The number of hydrogen-bond acceptors (Lipinski definition) is 7. The van der Waals surface area contributed by atoms with Crippen LogP contribution in [0.3, 0.4) is 0 Å². The van der Waals surface area contributed by atoms with Gasteiger partial charge in [-0.15, -0.1) is 11.3 Å². The standard InChI is InChI=1S/C20H16FN3O3S/c1-26-11-7-8-16(27-2)12(9-11)18(25)19-17(23)13(10-22)20(28-19)24-15-6-4-3-5-14(15)21/h3-9,24H,23H2,1-2H3. The van der Waals surface area contributed by atoms with Gasteiger partial charge in [0.1, 0.15) is 38.8 Å². The van der Waals surface area contributed by atoms with E-state index in [1.807, 2.05) is 6.07 Å². The van der Waals surface area contributed by atoms with E-state index < -0.39 is 11.6 Å². The number of carbonyl (C=O) groups is 1. The predicted octanol–water partition coefficient (Wildman–Crippen LogP) is 4.33. The lowest BCUT2D eigenvalue weighted by Gasteiger charge is -2.09. The van der Waals surface area contributed by atoms with E-state index in [-0.39, 0.29) is 32.4 Å². The molecule has 6 nitrogen and oxygen atoms in total. The average molecular weight is 397 g/mol. The Hall–Kier alpha value is -3.57. The van der Waals surface area contributed by atoms with Crippen LogP contribution in [0.2, 0.25) is 0 Å². The second kappa shape index (κ2) is 7.98. The smallest absolute Gasteiger partial charge is 0.209 e. The Morgan fingerprint density at radius 3 is 2.61 bits per heavy atom. The number of thiophene rings is 1. The number of ketones is 1. The van der Waals surface area contributed by atoms with Gasteiger partial charge in [0.05, 0.1) is 31.2 Å². The first-order chi connectivity index (χ1) is 13.5. The number of carbonyl (C=O) groups excluding carboxylic acids is 1. The molecule has 3 N–H and O–H groups in total. The molecule has 0 aliphatic rings. The van der Waals surface area contributed by atoms with E-state index in [4.69, 9.17) is 15.2 Å². The topological polar surface area (TPSA) is 97.4 Å². The largest absolute Gasteiger partial charge is 0.497 e. The molecule has 0 bridgehead atoms. The van der Waals surface area contributed by atoms with Crippen molar-refractivity contribution < 1.29 is 18.7 Å². The minimum absolute atomic E-state index is 0.0289. The van der Waals surface area contributed by atoms with Crippen LogP contribution >= 0.6 is 11.3 Å². The molecular formula is C20H16FN3O3S. The molecule has 0 spiro atoms. The minimum atomic E-state index is -0.485. The highest BCUT2D eigenvalue weighted by molar-refractivity contribution is 7.19. The van der Waals surface area contributed by atoms with Crippen molar-refractivity contribution in [3.63, 3.8) is 0 Å². The Morgan fingerprint density at radius 1 is 1.21 bits per heavy atom. The van der Waals surface area contributed by atoms with Crippen LogP contribution in [0.4, 0.5) is 20.8 Å². The van der Waals surface area contributed by atoms with Gasteiger partial charge >= 0.3 is 0 Å². The molecule has 0 saturated heterocycles. The monoisotopic (exact) mass is 397 g/mol. The number of para-hydroxylation sites is 1. The molecule has 142 valence electrons. The Kier molecular flexibility index (Phi) is 5.47. The third-order valence-electron chi connectivity index (χ3n) is 4.04. The van der Waals surface area contributed by atoms with Crippen LogP contribution in [-0.2, 0) is 0 Å². The fourth-order valence-electron chi connectivity index (χ4n) is 2.61. The molecule has 0 unspecified atom stereocenters. The maximum absolute atomic E-state index is 14.0. The van der Waals surface area contributed by atoms with E-state index in [2.05, 4.69) is 5.32 Å². The number of halogens is 1. The van der Waals surface area contributed by atoms with Gasteiger partial charge in [0, 0.05) is 0 Å². The van der Waals surface area contributed by atoms with Gasteiger partial charge < -0.3 is 20.5 Å². The third kappa shape index (κ3) is 3.48. The molecule has 3 aromatic rings. The lowest BCUT2D eigenvalue weighted by molar-refractivity contribution is 0.104. The molecule has 0 atom stereocenters. The Bertz CT molecular complexity index is 1090. The van der Waals surface area contributed by atoms with Crippen LogP contribution in [0.5, 0.6) is 11.5 Å². The van der Waals surface area contributed by atoms with Crippen molar-refractivity contribution in [1.82, 2.24) is 0 Å². The van der Waals surface area contributed by atoms with Gasteiger partial charge in [-0.05, 0) is 30.3 Å². The number of nitrogens with zero attached hydrogens (tertiary/aromatic N) is 1. The molecule has 3 rings (SSSR count). The summed E-state index contributed by atoms with van der Waals surface area (Å²) in [7, 11) is 2.93. The first-order valence-corrected chi connectivity index (χ1v) is 8.92. The van der Waals surface area contributed by atoms with Crippen molar-refractivity contribution in [3.05, 3.63) is 64.3 Å². The van der Waals surface area contributed by atoms with E-state index >= 15 is 0 Å². The van der Waals surface area contributed by atoms with E-state index in [1.165, 1.54) is 32.4 Å². The van der Waals surface area contributed by atoms with Gasteiger partial charge in [0.25, 0.3) is 0 Å². The Morgan fingerprint density at radius 2 is 1.96 bits per heavy atom. The molecule has 1 heterocycles. The van der Waals surface area contributed by atoms with Crippen molar-refractivity contribution in [2.75, 3.05) is 25.3 Å². The lowest BCUT2D eigenvalue weighted by atomic mass is 10.1. The van der Waals surface area contributed by atoms with Gasteiger partial charge in [-0.25, -0.2) is 4.39 Å². The van der Waals surface area contributed by atoms with E-state index in [1.54, 1.807) is 24.3 Å². The fraction of sp³-hybridized carbons (Fsp3) is 0.100. The number of ether oxygens (including phenoxy) is 2. The van der Waals surface area contributed by atoms with Crippen LogP contribution in [0.25, 0.3) is 0 Å². The van der Waals surface area contributed by atoms with E-state index in [9.17, 15) is 14.4 Å². The highest BCUT2D eigenvalue weighted by Gasteiger charge is 2.25. The lowest BCUT2D eigenvalue weighted by Crippen LogP contribution is -2.05. The number of hydrogen-bond donors (Lipinski definition) is 2. The van der Waals surface area contributed by atoms with Crippen LogP contribution < -0.4 is 20.5 Å². The maximum atomic E-state index is 14.0. The molecule has 0 radical (unpaired) electrons. The second-order valence-electron chi connectivity index (χ2n) is 5.66. The summed E-state index contributed by atoms with van der Waals surface area (Å²) in [5.74, 6) is -0.0813. The molecule has 0 saturated carbocycles. The Balaban J connectivity index is 2.06.